The average molecular weight is 381 g/mol. The molecule has 25 heavy (non-hydrogen) atoms. The second-order valence-corrected chi connectivity index (χ2v) is 6.19. The third-order valence-electron chi connectivity index (χ3n) is 2.72. The minimum atomic E-state index is -6.00. The summed E-state index contributed by atoms with van der Waals surface area (Å²) in [5, 5.41) is 12.5. The van der Waals surface area contributed by atoms with Gasteiger partial charge in [-0.05, 0) is 26.8 Å². The van der Waals surface area contributed by atoms with Crippen molar-refractivity contribution in [1.82, 2.24) is 5.16 Å². The Morgan fingerprint density at radius 2 is 1.76 bits per heavy atom. The van der Waals surface area contributed by atoms with Gasteiger partial charge in [-0.1, -0.05) is 17.3 Å². The zero-order chi connectivity index (χ0) is 19.4. The maximum absolute atomic E-state index is 12.2. The minimum absolute atomic E-state index is 0.0582. The van der Waals surface area contributed by atoms with Crippen LogP contribution in [0.15, 0.2) is 27.6 Å². The highest BCUT2D eigenvalue weighted by molar-refractivity contribution is 7.87. The molecule has 0 radical (unpaired) electrons. The van der Waals surface area contributed by atoms with Gasteiger partial charge in [0.05, 0.1) is 0 Å². The van der Waals surface area contributed by atoms with Gasteiger partial charge in [0.15, 0.2) is 15.6 Å². The summed E-state index contributed by atoms with van der Waals surface area (Å²) in [6.07, 6.45) is 0. The zero-order valence-corrected chi connectivity index (χ0v) is 14.0. The normalized spacial score (nSPS) is 11.3. The summed E-state index contributed by atoms with van der Waals surface area (Å²) in [5.41, 5.74) is 0.847. The van der Waals surface area contributed by atoms with E-state index in [-0.39, 0.29) is 27.8 Å². The largest absolute Gasteiger partial charge is 0.673 e. The minimum Gasteiger partial charge on any atom is -0.418 e. The second kappa shape index (κ2) is 7.52. The third-order valence-corrected chi connectivity index (χ3v) is 4.20. The van der Waals surface area contributed by atoms with Gasteiger partial charge in [-0.3, -0.25) is 0 Å². The summed E-state index contributed by atoms with van der Waals surface area (Å²) in [4.78, 5) is 2.93. The molecule has 0 bridgehead atoms. The Kier molecular flexibility index (Phi) is 6.14. The van der Waals surface area contributed by atoms with Crippen molar-refractivity contribution in [1.29, 1.82) is 5.39 Å². The van der Waals surface area contributed by atoms with Crippen LogP contribution >= 0.6 is 0 Å². The van der Waals surface area contributed by atoms with E-state index in [0.717, 1.165) is 0 Å². The Bertz CT molecular complexity index is 881. The first-order chi connectivity index (χ1) is 11.4. The molecule has 0 saturated carbocycles. The van der Waals surface area contributed by atoms with E-state index in [4.69, 9.17) is 14.1 Å². The lowest BCUT2D eigenvalue weighted by Gasteiger charge is -2.04. The Labute approximate surface area is 140 Å². The molecule has 0 spiro atoms. The molecule has 0 aliphatic rings. The highest BCUT2D eigenvalue weighted by Crippen LogP contribution is 2.34. The van der Waals surface area contributed by atoms with Crippen molar-refractivity contribution in [3.8, 4) is 5.75 Å². The van der Waals surface area contributed by atoms with E-state index in [2.05, 4.69) is 10.1 Å². The van der Waals surface area contributed by atoms with E-state index >= 15 is 0 Å². The molecule has 1 aromatic heterocycles. The van der Waals surface area contributed by atoms with Crippen molar-refractivity contribution in [3.05, 3.63) is 40.2 Å². The highest BCUT2D eigenvalue weighted by Gasteiger charge is 2.30. The number of rotatable bonds is 3. The monoisotopic (exact) mass is 381 g/mol. The van der Waals surface area contributed by atoms with Gasteiger partial charge in [-0.25, -0.2) is 0 Å². The van der Waals surface area contributed by atoms with Gasteiger partial charge in [0, 0.05) is 5.56 Å². The SMILES string of the molecule is Cc1cccc(OS(=O)(=O)c2c(C)noc2C)c1[N+]#N.F[B-](F)(F)F. The standard InChI is InChI=1S/C12H12N3O4S.BF4/c1-7-5-4-6-10(11(7)14-13)19-20(16,17)12-8(2)15-18-9(12)3;2-1(3,4)5/h4-6H,1-3H3;/q+1;-1. The van der Waals surface area contributed by atoms with Gasteiger partial charge in [0.25, 0.3) is 0 Å². The van der Waals surface area contributed by atoms with E-state index in [0.29, 0.717) is 5.56 Å². The lowest BCUT2D eigenvalue weighted by Crippen LogP contribution is -2.11. The van der Waals surface area contributed by atoms with Crippen LogP contribution in [0.2, 0.25) is 0 Å². The fourth-order valence-corrected chi connectivity index (χ4v) is 3.06. The molecule has 0 aliphatic carbocycles. The molecule has 0 atom stereocenters. The summed E-state index contributed by atoms with van der Waals surface area (Å²) >= 11 is 0. The fourth-order valence-electron chi connectivity index (χ4n) is 1.82. The number of hydrogen-bond acceptors (Lipinski definition) is 6. The number of diazo groups is 1. The number of aromatic nitrogens is 1. The molecular weight excluding hydrogens is 369 g/mol. The predicted molar refractivity (Wildman–Crippen MR) is 79.9 cm³/mol. The van der Waals surface area contributed by atoms with Crippen LogP contribution in [0, 0.1) is 26.2 Å². The predicted octanol–water partition coefficient (Wildman–Crippen LogP) is 4.15. The molecule has 2 aromatic rings. The fraction of sp³-hybridized carbons (Fsp3) is 0.250. The number of hydrogen-bond donors (Lipinski definition) is 0. The first kappa shape index (κ1) is 20.4. The van der Waals surface area contributed by atoms with Crippen molar-refractivity contribution in [2.75, 3.05) is 0 Å². The molecule has 13 heteroatoms. The third kappa shape index (κ3) is 5.75. The molecule has 0 aliphatic heterocycles. The van der Waals surface area contributed by atoms with E-state index in [1.165, 1.54) is 19.9 Å². The summed E-state index contributed by atoms with van der Waals surface area (Å²) in [5.74, 6) is 0.0742. The van der Waals surface area contributed by atoms with Gasteiger partial charge >= 0.3 is 23.1 Å². The zero-order valence-electron chi connectivity index (χ0n) is 13.2. The summed E-state index contributed by atoms with van der Waals surface area (Å²) in [7, 11) is -10.1. The van der Waals surface area contributed by atoms with Crippen LogP contribution in [0.4, 0.5) is 23.0 Å². The molecule has 0 saturated heterocycles. The van der Waals surface area contributed by atoms with Crippen molar-refractivity contribution in [3.63, 3.8) is 0 Å². The number of nitrogens with zero attached hydrogens (tertiary/aromatic N) is 3. The van der Waals surface area contributed by atoms with Crippen LogP contribution in [-0.2, 0) is 10.1 Å². The van der Waals surface area contributed by atoms with Gasteiger partial charge in [0.2, 0.25) is 11.1 Å². The van der Waals surface area contributed by atoms with Crippen LogP contribution in [0.1, 0.15) is 17.0 Å². The molecule has 1 aromatic carbocycles. The van der Waals surface area contributed by atoms with Crippen LogP contribution < -0.4 is 4.18 Å². The molecule has 0 unspecified atom stereocenters. The first-order valence-electron chi connectivity index (χ1n) is 6.56. The summed E-state index contributed by atoms with van der Waals surface area (Å²) < 4.78 is 73.3. The molecular formula is C12H12BF4N3O4S. The number of benzene rings is 1. The van der Waals surface area contributed by atoms with Crippen LogP contribution in [0.25, 0.3) is 4.98 Å². The van der Waals surface area contributed by atoms with E-state index in [1.54, 1.807) is 19.1 Å². The topological polar surface area (TPSA) is 97.6 Å². The Balaban J connectivity index is 0.000000550. The molecule has 0 amide bonds. The average Bonchev–Trinajstić information content (AvgIpc) is 2.77. The number of halogens is 4. The van der Waals surface area contributed by atoms with Gasteiger partial charge in [-0.15, -0.1) is 0 Å². The van der Waals surface area contributed by atoms with E-state index < -0.39 is 17.4 Å². The quantitative estimate of drug-likeness (QED) is 0.343. The number of aryl methyl sites for hydroxylation is 3. The van der Waals surface area contributed by atoms with Crippen molar-refractivity contribution in [2.45, 2.75) is 25.7 Å². The van der Waals surface area contributed by atoms with Gasteiger partial charge in [0.1, 0.15) is 5.69 Å². The van der Waals surface area contributed by atoms with E-state index in [9.17, 15) is 25.7 Å². The highest BCUT2D eigenvalue weighted by atomic mass is 32.2. The maximum Gasteiger partial charge on any atom is 0.673 e. The molecule has 7 nitrogen and oxygen atoms in total. The Morgan fingerprint density at radius 1 is 1.20 bits per heavy atom. The lowest BCUT2D eigenvalue weighted by atomic mass is 10.2. The van der Waals surface area contributed by atoms with Crippen molar-refractivity contribution >= 4 is 23.1 Å². The first-order valence-corrected chi connectivity index (χ1v) is 7.97. The smallest absolute Gasteiger partial charge is 0.418 e. The lowest BCUT2D eigenvalue weighted by molar-refractivity contribution is 0.368. The van der Waals surface area contributed by atoms with Gasteiger partial charge < -0.3 is 26.0 Å². The maximum atomic E-state index is 12.2. The Hall–Kier alpha value is -2.62. The second-order valence-electron chi connectivity index (χ2n) is 4.71. The molecule has 1 heterocycles. The molecule has 0 N–H and O–H groups in total. The summed E-state index contributed by atoms with van der Waals surface area (Å²) in [6.45, 7) is 4.65. The molecule has 2 rings (SSSR count). The Morgan fingerprint density at radius 3 is 2.20 bits per heavy atom. The summed E-state index contributed by atoms with van der Waals surface area (Å²) in [6, 6.07) is 4.67. The van der Waals surface area contributed by atoms with E-state index in [1.807, 2.05) is 0 Å². The van der Waals surface area contributed by atoms with Crippen LogP contribution in [0.3, 0.4) is 0 Å². The van der Waals surface area contributed by atoms with Gasteiger partial charge in [-0.2, -0.15) is 8.42 Å². The molecule has 136 valence electrons. The van der Waals surface area contributed by atoms with Crippen LogP contribution in [-0.4, -0.2) is 20.8 Å². The van der Waals surface area contributed by atoms with Crippen molar-refractivity contribution in [2.24, 2.45) is 0 Å². The molecule has 0 fully saturated rings. The van der Waals surface area contributed by atoms with Crippen LogP contribution in [0.5, 0.6) is 5.75 Å². The van der Waals surface area contributed by atoms with Crippen molar-refractivity contribution < 1.29 is 34.4 Å².